The molecule has 0 saturated carbocycles. The summed E-state index contributed by atoms with van der Waals surface area (Å²) >= 11 is 0. The topological polar surface area (TPSA) is 72.6 Å². The zero-order valence-electron chi connectivity index (χ0n) is 10.2. The Morgan fingerprint density at radius 2 is 2.06 bits per heavy atom. The molecule has 5 heteroatoms. The van der Waals surface area contributed by atoms with Gasteiger partial charge in [0, 0.05) is 18.3 Å². The van der Waals surface area contributed by atoms with Crippen LogP contribution in [0, 0.1) is 6.92 Å². The van der Waals surface area contributed by atoms with E-state index in [4.69, 9.17) is 5.73 Å². The normalized spacial score (nSPS) is 9.82. The zero-order chi connectivity index (χ0) is 13.0. The van der Waals surface area contributed by atoms with E-state index in [1.165, 1.54) is 12.0 Å². The van der Waals surface area contributed by atoms with Crippen molar-refractivity contribution >= 4 is 17.6 Å². The number of aryl methyl sites for hydroxylation is 1. The van der Waals surface area contributed by atoms with Crippen LogP contribution in [0.15, 0.2) is 18.2 Å². The average Bonchev–Trinajstić information content (AvgIpc) is 2.28. The molecule has 5 nitrogen and oxygen atoms in total. The first-order chi connectivity index (χ1) is 7.95. The standard InChI is InChI=1S/C12H16N2O3/c1-8-6-9(13)4-5-10(8)12(16)14(2)7-11(15)17-3/h4-6H,7,13H2,1-3H3. The van der Waals surface area contributed by atoms with Crippen molar-refractivity contribution in [3.05, 3.63) is 29.3 Å². The van der Waals surface area contributed by atoms with E-state index in [0.29, 0.717) is 11.3 Å². The highest BCUT2D eigenvalue weighted by molar-refractivity contribution is 5.97. The van der Waals surface area contributed by atoms with E-state index in [1.807, 2.05) is 0 Å². The smallest absolute Gasteiger partial charge is 0.325 e. The van der Waals surface area contributed by atoms with E-state index >= 15 is 0 Å². The Labute approximate surface area is 100 Å². The van der Waals surface area contributed by atoms with E-state index in [2.05, 4.69) is 4.74 Å². The zero-order valence-corrected chi connectivity index (χ0v) is 10.2. The van der Waals surface area contributed by atoms with Gasteiger partial charge in [0.2, 0.25) is 0 Å². The second-order valence-electron chi connectivity index (χ2n) is 3.81. The Kier molecular flexibility index (Phi) is 4.09. The van der Waals surface area contributed by atoms with Crippen LogP contribution in [0.1, 0.15) is 15.9 Å². The van der Waals surface area contributed by atoms with Gasteiger partial charge < -0.3 is 15.4 Å². The maximum absolute atomic E-state index is 12.0. The SMILES string of the molecule is COC(=O)CN(C)C(=O)c1ccc(N)cc1C. The van der Waals surface area contributed by atoms with E-state index in [-0.39, 0.29) is 12.5 Å². The molecule has 0 aliphatic heterocycles. The minimum atomic E-state index is -0.450. The van der Waals surface area contributed by atoms with E-state index < -0.39 is 5.97 Å². The molecule has 1 amide bonds. The highest BCUT2D eigenvalue weighted by atomic mass is 16.5. The Balaban J connectivity index is 2.85. The van der Waals surface area contributed by atoms with Gasteiger partial charge in [-0.25, -0.2) is 0 Å². The lowest BCUT2D eigenvalue weighted by Gasteiger charge is -2.17. The van der Waals surface area contributed by atoms with Gasteiger partial charge in [0.1, 0.15) is 6.54 Å². The van der Waals surface area contributed by atoms with Gasteiger partial charge in [-0.15, -0.1) is 0 Å². The second-order valence-corrected chi connectivity index (χ2v) is 3.81. The van der Waals surface area contributed by atoms with Crippen LogP contribution < -0.4 is 5.73 Å². The van der Waals surface area contributed by atoms with Crippen LogP contribution in [0.5, 0.6) is 0 Å². The van der Waals surface area contributed by atoms with Gasteiger partial charge in [0.15, 0.2) is 0 Å². The molecule has 0 atom stereocenters. The summed E-state index contributed by atoms with van der Waals surface area (Å²) in [5.74, 6) is -0.679. The molecule has 0 unspecified atom stereocenters. The number of carbonyl (C=O) groups is 2. The van der Waals surface area contributed by atoms with Crippen LogP contribution in [0.3, 0.4) is 0 Å². The third kappa shape index (κ3) is 3.21. The minimum absolute atomic E-state index is 0.0703. The van der Waals surface area contributed by atoms with E-state index in [9.17, 15) is 9.59 Å². The highest BCUT2D eigenvalue weighted by Gasteiger charge is 2.16. The summed E-state index contributed by atoms with van der Waals surface area (Å²) < 4.78 is 4.50. The van der Waals surface area contributed by atoms with Gasteiger partial charge in [0.05, 0.1) is 7.11 Å². The number of carbonyl (C=O) groups excluding carboxylic acids is 2. The number of nitrogens with zero attached hydrogens (tertiary/aromatic N) is 1. The molecule has 1 aromatic rings. The maximum atomic E-state index is 12.0. The van der Waals surface area contributed by atoms with Crippen LogP contribution in [-0.4, -0.2) is 37.5 Å². The van der Waals surface area contributed by atoms with Crippen LogP contribution in [0.4, 0.5) is 5.69 Å². The number of amides is 1. The Hall–Kier alpha value is -2.04. The number of likely N-dealkylation sites (N-methyl/N-ethyl adjacent to an activating group) is 1. The molecule has 0 aliphatic carbocycles. The molecule has 0 fully saturated rings. The number of nitrogen functional groups attached to an aromatic ring is 1. The molecule has 2 N–H and O–H groups in total. The number of hydrogen-bond donors (Lipinski definition) is 1. The number of benzene rings is 1. The van der Waals surface area contributed by atoms with Crippen molar-refractivity contribution in [2.75, 3.05) is 26.4 Å². The molecule has 1 rings (SSSR count). The predicted octanol–water partition coefficient (Wildman–Crippen LogP) is 0.822. The molecule has 1 aromatic carbocycles. The van der Waals surface area contributed by atoms with Gasteiger partial charge in [-0.3, -0.25) is 9.59 Å². The Morgan fingerprint density at radius 3 is 2.59 bits per heavy atom. The third-order valence-corrected chi connectivity index (χ3v) is 2.42. The van der Waals surface area contributed by atoms with Crippen molar-refractivity contribution in [2.45, 2.75) is 6.92 Å². The fourth-order valence-corrected chi connectivity index (χ4v) is 1.46. The number of hydrogen-bond acceptors (Lipinski definition) is 4. The lowest BCUT2D eigenvalue weighted by Crippen LogP contribution is -2.33. The number of nitrogens with two attached hydrogens (primary N) is 1. The summed E-state index contributed by atoms with van der Waals surface area (Å²) in [4.78, 5) is 24.4. The molecule has 17 heavy (non-hydrogen) atoms. The summed E-state index contributed by atoms with van der Waals surface area (Å²) in [6.07, 6.45) is 0. The molecule has 0 radical (unpaired) electrons. The molecule has 0 aliphatic rings. The number of anilines is 1. The Morgan fingerprint density at radius 1 is 1.41 bits per heavy atom. The second kappa shape index (κ2) is 5.34. The largest absolute Gasteiger partial charge is 0.468 e. The predicted molar refractivity (Wildman–Crippen MR) is 64.6 cm³/mol. The lowest BCUT2D eigenvalue weighted by atomic mass is 10.1. The van der Waals surface area contributed by atoms with Crippen LogP contribution in [-0.2, 0) is 9.53 Å². The third-order valence-electron chi connectivity index (χ3n) is 2.42. The summed E-state index contributed by atoms with van der Waals surface area (Å²) in [6, 6.07) is 5.03. The van der Waals surface area contributed by atoms with Crippen molar-refractivity contribution in [1.29, 1.82) is 0 Å². The monoisotopic (exact) mass is 236 g/mol. The maximum Gasteiger partial charge on any atom is 0.325 e. The lowest BCUT2D eigenvalue weighted by molar-refractivity contribution is -0.141. The molecule has 92 valence electrons. The van der Waals surface area contributed by atoms with E-state index in [0.717, 1.165) is 5.56 Å². The highest BCUT2D eigenvalue weighted by Crippen LogP contribution is 2.14. The van der Waals surface area contributed by atoms with Crippen molar-refractivity contribution in [2.24, 2.45) is 0 Å². The number of methoxy groups -OCH3 is 1. The molecule has 0 saturated heterocycles. The molecule has 0 heterocycles. The summed E-state index contributed by atoms with van der Waals surface area (Å²) in [5, 5.41) is 0. The minimum Gasteiger partial charge on any atom is -0.468 e. The number of rotatable bonds is 3. The van der Waals surface area contributed by atoms with Gasteiger partial charge in [-0.05, 0) is 30.7 Å². The average molecular weight is 236 g/mol. The molecular formula is C12H16N2O3. The van der Waals surface area contributed by atoms with Crippen LogP contribution >= 0.6 is 0 Å². The van der Waals surface area contributed by atoms with Gasteiger partial charge in [-0.1, -0.05) is 0 Å². The summed E-state index contributed by atoms with van der Waals surface area (Å²) in [6.45, 7) is 1.73. The van der Waals surface area contributed by atoms with E-state index in [1.54, 1.807) is 32.2 Å². The number of ether oxygens (including phenoxy) is 1. The molecule has 0 aromatic heterocycles. The summed E-state index contributed by atoms with van der Waals surface area (Å²) in [5.41, 5.74) is 7.53. The van der Waals surface area contributed by atoms with Crippen molar-refractivity contribution in [3.63, 3.8) is 0 Å². The van der Waals surface area contributed by atoms with Crippen molar-refractivity contribution in [1.82, 2.24) is 4.90 Å². The fraction of sp³-hybridized carbons (Fsp3) is 0.333. The van der Waals surface area contributed by atoms with Crippen molar-refractivity contribution < 1.29 is 14.3 Å². The van der Waals surface area contributed by atoms with Gasteiger partial charge >= 0.3 is 5.97 Å². The fourth-order valence-electron chi connectivity index (χ4n) is 1.46. The first-order valence-corrected chi connectivity index (χ1v) is 5.14. The summed E-state index contributed by atoms with van der Waals surface area (Å²) in [7, 11) is 2.84. The van der Waals surface area contributed by atoms with Gasteiger partial charge in [-0.2, -0.15) is 0 Å². The van der Waals surface area contributed by atoms with Crippen molar-refractivity contribution in [3.8, 4) is 0 Å². The first kappa shape index (κ1) is 13.0. The van der Waals surface area contributed by atoms with Crippen LogP contribution in [0.25, 0.3) is 0 Å². The molecular weight excluding hydrogens is 220 g/mol. The molecule has 0 spiro atoms. The first-order valence-electron chi connectivity index (χ1n) is 5.14. The quantitative estimate of drug-likeness (QED) is 0.623. The number of esters is 1. The van der Waals surface area contributed by atoms with Crippen LogP contribution in [0.2, 0.25) is 0 Å². The van der Waals surface area contributed by atoms with Gasteiger partial charge in [0.25, 0.3) is 5.91 Å². The Bertz CT molecular complexity index is 443. The molecule has 0 bridgehead atoms.